The Morgan fingerprint density at radius 3 is 2.41 bits per heavy atom. The number of amides is 2. The molecule has 0 N–H and O–H groups in total. The molecule has 2 saturated heterocycles. The number of carboxylic acids is 1. The lowest BCUT2D eigenvalue weighted by molar-refractivity contribution is -0.310. The Labute approximate surface area is 165 Å². The van der Waals surface area contributed by atoms with Crippen LogP contribution in [0, 0.1) is 5.82 Å². The maximum atomic E-state index is 13.9. The number of furan rings is 1. The monoisotopic (exact) mass is 401 g/mol. The van der Waals surface area contributed by atoms with Crippen LogP contribution in [0.3, 0.4) is 0 Å². The van der Waals surface area contributed by atoms with E-state index < -0.39 is 35.4 Å². The summed E-state index contributed by atoms with van der Waals surface area (Å²) in [7, 11) is 0. The van der Waals surface area contributed by atoms with Crippen molar-refractivity contribution in [3.05, 3.63) is 59.8 Å². The molecule has 0 unspecified atom stereocenters. The molecular weight excluding hydrogens is 383 g/mol. The van der Waals surface area contributed by atoms with Crippen molar-refractivity contribution in [2.75, 3.05) is 19.7 Å². The first-order chi connectivity index (χ1) is 13.9. The smallest absolute Gasteiger partial charge is 0.292 e. The van der Waals surface area contributed by atoms with Gasteiger partial charge in [0, 0.05) is 25.9 Å². The van der Waals surface area contributed by atoms with E-state index in [2.05, 4.69) is 0 Å². The van der Waals surface area contributed by atoms with Gasteiger partial charge in [-0.2, -0.15) is 0 Å². The molecule has 0 aliphatic carbocycles. The first-order valence-electron chi connectivity index (χ1n) is 9.19. The molecule has 0 radical (unpaired) electrons. The van der Waals surface area contributed by atoms with Crippen LogP contribution >= 0.6 is 0 Å². The number of nitrogens with zero attached hydrogens (tertiary/aromatic N) is 2. The number of hydrogen-bond acceptors (Lipinski definition) is 6. The second kappa shape index (κ2) is 7.32. The van der Waals surface area contributed by atoms with Crippen molar-refractivity contribution in [3.63, 3.8) is 0 Å². The summed E-state index contributed by atoms with van der Waals surface area (Å²) in [5.74, 6) is -3.12. The van der Waals surface area contributed by atoms with Crippen LogP contribution in [0.15, 0.2) is 47.1 Å². The summed E-state index contributed by atoms with van der Waals surface area (Å²) in [6.45, 7) is 0.139. The van der Waals surface area contributed by atoms with Crippen LogP contribution in [0.25, 0.3) is 0 Å². The summed E-state index contributed by atoms with van der Waals surface area (Å²) < 4.78 is 24.9. The van der Waals surface area contributed by atoms with Crippen molar-refractivity contribution in [1.29, 1.82) is 0 Å². The first-order valence-corrected chi connectivity index (χ1v) is 9.19. The number of hydrogen-bond donors (Lipinski definition) is 0. The molecule has 1 aromatic heterocycles. The highest BCUT2D eigenvalue weighted by Crippen LogP contribution is 2.38. The molecule has 2 aromatic rings. The molecule has 29 heavy (non-hydrogen) atoms. The quantitative estimate of drug-likeness (QED) is 0.748. The summed E-state index contributed by atoms with van der Waals surface area (Å²) in [4.78, 5) is 39.8. The molecule has 0 saturated carbocycles. The Kier molecular flexibility index (Phi) is 4.83. The van der Waals surface area contributed by atoms with Crippen LogP contribution in [0.1, 0.15) is 33.8 Å². The normalized spacial score (nSPS) is 20.8. The predicted molar refractivity (Wildman–Crippen MR) is 93.9 cm³/mol. The van der Waals surface area contributed by atoms with E-state index in [-0.39, 0.29) is 43.9 Å². The van der Waals surface area contributed by atoms with Crippen molar-refractivity contribution in [3.8, 4) is 0 Å². The fourth-order valence-electron chi connectivity index (χ4n) is 3.93. The summed E-state index contributed by atoms with van der Waals surface area (Å²) in [6, 6.07) is 7.41. The number of halogens is 1. The van der Waals surface area contributed by atoms with Crippen molar-refractivity contribution >= 4 is 17.8 Å². The third-order valence-electron chi connectivity index (χ3n) is 5.42. The summed E-state index contributed by atoms with van der Waals surface area (Å²) in [5.41, 5.74) is -1.23. The second-order valence-electron chi connectivity index (χ2n) is 7.02. The van der Waals surface area contributed by atoms with E-state index in [9.17, 15) is 23.9 Å². The van der Waals surface area contributed by atoms with E-state index >= 15 is 0 Å². The lowest BCUT2D eigenvalue weighted by atomic mass is 9.96. The van der Waals surface area contributed by atoms with Crippen molar-refractivity contribution in [2.45, 2.75) is 24.6 Å². The molecule has 9 heteroatoms. The zero-order valence-electron chi connectivity index (χ0n) is 15.4. The highest BCUT2D eigenvalue weighted by Gasteiger charge is 2.53. The number of carbonyl (C=O) groups is 3. The Morgan fingerprint density at radius 1 is 1.07 bits per heavy atom. The number of likely N-dealkylation sites (tertiary alicyclic amines) is 1. The minimum Gasteiger partial charge on any atom is -0.548 e. The maximum Gasteiger partial charge on any atom is 0.292 e. The minimum atomic E-state index is -1.42. The zero-order chi connectivity index (χ0) is 20.6. The average Bonchev–Trinajstić information content (AvgIpc) is 3.37. The molecule has 2 fully saturated rings. The van der Waals surface area contributed by atoms with Gasteiger partial charge in [-0.05, 0) is 24.3 Å². The Bertz CT molecular complexity index is 936. The van der Waals surface area contributed by atoms with Crippen molar-refractivity contribution < 1.29 is 33.0 Å². The minimum absolute atomic E-state index is 0.00834. The van der Waals surface area contributed by atoms with Gasteiger partial charge in [-0.25, -0.2) is 4.39 Å². The third-order valence-corrected chi connectivity index (χ3v) is 5.42. The van der Waals surface area contributed by atoms with E-state index in [0.717, 1.165) is 4.90 Å². The summed E-state index contributed by atoms with van der Waals surface area (Å²) in [6.07, 6.45) is 1.69. The number of carbonyl (C=O) groups excluding carboxylic acids is 3. The van der Waals surface area contributed by atoms with Gasteiger partial charge in [0.25, 0.3) is 11.8 Å². The zero-order valence-corrected chi connectivity index (χ0v) is 15.4. The highest BCUT2D eigenvalue weighted by atomic mass is 19.1. The van der Waals surface area contributed by atoms with Gasteiger partial charge < -0.3 is 24.0 Å². The number of carboxylic acid groups (broad SMARTS) is 1. The molecule has 2 aliphatic heterocycles. The Hall–Kier alpha value is -3.20. The molecule has 1 spiro atoms. The van der Waals surface area contributed by atoms with Gasteiger partial charge >= 0.3 is 0 Å². The summed E-state index contributed by atoms with van der Waals surface area (Å²) in [5, 5.41) is 11.6. The van der Waals surface area contributed by atoms with Gasteiger partial charge in [0.1, 0.15) is 11.5 Å². The topological polar surface area (TPSA) is 103 Å². The van der Waals surface area contributed by atoms with E-state index in [1.54, 1.807) is 6.07 Å². The van der Waals surface area contributed by atoms with Crippen LogP contribution in [0.4, 0.5) is 4.39 Å². The second-order valence-corrected chi connectivity index (χ2v) is 7.02. The Balaban J connectivity index is 1.55. The lowest BCUT2D eigenvalue weighted by Crippen LogP contribution is -2.60. The molecule has 3 heterocycles. The molecule has 152 valence electrons. The van der Waals surface area contributed by atoms with Gasteiger partial charge in [-0.3, -0.25) is 14.5 Å². The molecule has 4 rings (SSSR count). The predicted octanol–water partition coefficient (Wildman–Crippen LogP) is 0.642. The van der Waals surface area contributed by atoms with Crippen LogP contribution in [0.2, 0.25) is 0 Å². The average molecular weight is 401 g/mol. The number of rotatable bonds is 3. The summed E-state index contributed by atoms with van der Waals surface area (Å²) >= 11 is 0. The SMILES string of the molecule is O=C([O-])[C@H]1COC2(CCN(C(=O)c3ccccc3F)CC2)N1C(=O)c1ccco1. The molecule has 2 amide bonds. The maximum absolute atomic E-state index is 13.9. The number of ether oxygens (including phenoxy) is 1. The third kappa shape index (κ3) is 3.27. The fourth-order valence-corrected chi connectivity index (χ4v) is 3.93. The fraction of sp³-hybridized carbons (Fsp3) is 0.350. The molecule has 0 bridgehead atoms. The van der Waals surface area contributed by atoms with E-state index in [1.807, 2.05) is 0 Å². The first kappa shape index (κ1) is 19.1. The van der Waals surface area contributed by atoms with Gasteiger partial charge in [0.2, 0.25) is 0 Å². The van der Waals surface area contributed by atoms with E-state index in [0.29, 0.717) is 0 Å². The molecular formula is C20H18FN2O6-. The molecule has 2 aliphatic rings. The van der Waals surface area contributed by atoms with Crippen molar-refractivity contribution in [1.82, 2.24) is 9.80 Å². The van der Waals surface area contributed by atoms with Crippen molar-refractivity contribution in [2.24, 2.45) is 0 Å². The van der Waals surface area contributed by atoms with Crippen LogP contribution in [-0.4, -0.2) is 59.0 Å². The van der Waals surface area contributed by atoms with Crippen LogP contribution in [0.5, 0.6) is 0 Å². The number of piperidine rings is 1. The number of aliphatic carboxylic acids is 1. The van der Waals surface area contributed by atoms with Gasteiger partial charge in [0.15, 0.2) is 5.76 Å². The molecule has 1 atom stereocenters. The lowest BCUT2D eigenvalue weighted by Gasteiger charge is -2.44. The van der Waals surface area contributed by atoms with Crippen LogP contribution in [-0.2, 0) is 9.53 Å². The number of benzene rings is 1. The molecule has 8 nitrogen and oxygen atoms in total. The standard InChI is InChI=1S/C20H19FN2O6/c21-14-5-2-1-4-13(14)17(24)22-9-7-20(8-10-22)23(15(12-29-20)19(26)27)18(25)16-6-3-11-28-16/h1-6,11,15H,7-10,12H2,(H,26,27)/p-1/t15-/m1/s1. The molecule has 1 aromatic carbocycles. The van der Waals surface area contributed by atoms with E-state index in [4.69, 9.17) is 9.15 Å². The highest BCUT2D eigenvalue weighted by molar-refractivity contribution is 5.96. The van der Waals surface area contributed by atoms with Crippen LogP contribution < -0.4 is 5.11 Å². The van der Waals surface area contributed by atoms with Gasteiger partial charge in [-0.15, -0.1) is 0 Å². The van der Waals surface area contributed by atoms with E-state index in [1.165, 1.54) is 41.5 Å². The van der Waals surface area contributed by atoms with Gasteiger partial charge in [-0.1, -0.05) is 12.1 Å². The largest absolute Gasteiger partial charge is 0.548 e. The van der Waals surface area contributed by atoms with Gasteiger partial charge in [0.05, 0.1) is 30.4 Å². The Morgan fingerprint density at radius 2 is 1.79 bits per heavy atom.